The number of aliphatic hydroxyl groups excluding tert-OH is 1. The first-order chi connectivity index (χ1) is 14.1. The van der Waals surface area contributed by atoms with Gasteiger partial charge in [-0.25, -0.2) is 0 Å². The molecule has 2 aromatic carbocycles. The van der Waals surface area contributed by atoms with E-state index >= 15 is 0 Å². The number of nitroso groups, excluding NO2 is 1. The summed E-state index contributed by atoms with van der Waals surface area (Å²) in [5.41, 5.74) is 5.99. The largest absolute Gasteiger partial charge is 0.384 e. The first-order valence-corrected chi connectivity index (χ1v) is 9.62. The topological polar surface area (TPSA) is 62.6 Å². The molecule has 0 aliphatic heterocycles. The third kappa shape index (κ3) is 5.16. The van der Waals surface area contributed by atoms with Crippen LogP contribution in [0.4, 0.5) is 0 Å². The van der Waals surface area contributed by atoms with Gasteiger partial charge in [0.1, 0.15) is 12.6 Å². The maximum atomic E-state index is 11.8. The Kier molecular flexibility index (Phi) is 6.89. The molecule has 0 saturated carbocycles. The lowest BCUT2D eigenvalue weighted by Gasteiger charge is -2.23. The standard InChI is InChI=1S/C25H24N2O2/c1-18-7-3-4-11-23(18)24(21-10-5-8-20(16-21)9-6-14-28)17-25(27-29)22-12-13-26-19(2)15-22/h3-5,7-8,10-13,15-16,24-25,28H,14,17H2,1-2H3. The average Bonchev–Trinajstić information content (AvgIpc) is 2.74. The zero-order valence-electron chi connectivity index (χ0n) is 16.7. The van der Waals surface area contributed by atoms with Gasteiger partial charge in [0.2, 0.25) is 0 Å². The lowest BCUT2D eigenvalue weighted by molar-refractivity contribution is 0.350. The molecule has 3 rings (SSSR count). The average molecular weight is 384 g/mol. The van der Waals surface area contributed by atoms with E-state index < -0.39 is 6.04 Å². The number of aryl methyl sites for hydroxylation is 2. The van der Waals surface area contributed by atoms with Crippen LogP contribution in [0.3, 0.4) is 0 Å². The van der Waals surface area contributed by atoms with Crippen molar-refractivity contribution in [1.82, 2.24) is 4.98 Å². The minimum atomic E-state index is -0.478. The third-order valence-electron chi connectivity index (χ3n) is 5.06. The van der Waals surface area contributed by atoms with Gasteiger partial charge in [0.05, 0.1) is 0 Å². The van der Waals surface area contributed by atoms with Crippen molar-refractivity contribution < 1.29 is 5.11 Å². The van der Waals surface area contributed by atoms with Crippen LogP contribution >= 0.6 is 0 Å². The zero-order chi connectivity index (χ0) is 20.6. The Labute approximate surface area is 171 Å². The monoisotopic (exact) mass is 384 g/mol. The Morgan fingerprint density at radius 1 is 1.03 bits per heavy atom. The minimum Gasteiger partial charge on any atom is -0.384 e. The molecule has 3 aromatic rings. The molecule has 29 heavy (non-hydrogen) atoms. The summed E-state index contributed by atoms with van der Waals surface area (Å²) in [5, 5.41) is 12.4. The van der Waals surface area contributed by atoms with Crippen LogP contribution in [0, 0.1) is 30.6 Å². The number of benzene rings is 2. The van der Waals surface area contributed by atoms with Crippen LogP contribution in [-0.2, 0) is 0 Å². The molecule has 1 heterocycles. The van der Waals surface area contributed by atoms with Gasteiger partial charge < -0.3 is 5.11 Å². The van der Waals surface area contributed by atoms with Crippen molar-refractivity contribution in [3.05, 3.63) is 105 Å². The van der Waals surface area contributed by atoms with Gasteiger partial charge in [0.15, 0.2) is 0 Å². The second kappa shape index (κ2) is 9.77. The number of aromatic nitrogens is 1. The van der Waals surface area contributed by atoms with E-state index in [4.69, 9.17) is 5.11 Å². The Morgan fingerprint density at radius 3 is 2.59 bits per heavy atom. The van der Waals surface area contributed by atoms with E-state index in [0.717, 1.165) is 22.4 Å². The van der Waals surface area contributed by atoms with E-state index in [9.17, 15) is 4.91 Å². The van der Waals surface area contributed by atoms with Crippen LogP contribution in [0.2, 0.25) is 0 Å². The molecule has 0 aliphatic carbocycles. The Hall–Kier alpha value is -3.29. The van der Waals surface area contributed by atoms with Gasteiger partial charge >= 0.3 is 0 Å². The normalized spacial score (nSPS) is 12.5. The first-order valence-electron chi connectivity index (χ1n) is 9.62. The second-order valence-corrected chi connectivity index (χ2v) is 7.08. The number of hydrogen-bond acceptors (Lipinski definition) is 4. The summed E-state index contributed by atoms with van der Waals surface area (Å²) in [6.45, 7) is 3.81. The summed E-state index contributed by atoms with van der Waals surface area (Å²) < 4.78 is 0. The SMILES string of the molecule is Cc1cc(C(CC(c2cccc(C#CCO)c2)c2ccccc2C)N=O)ccn1. The zero-order valence-corrected chi connectivity index (χ0v) is 16.7. The molecular weight excluding hydrogens is 360 g/mol. The summed E-state index contributed by atoms with van der Waals surface area (Å²) in [4.78, 5) is 16.0. The molecule has 4 heteroatoms. The molecular formula is C25H24N2O2. The van der Waals surface area contributed by atoms with Gasteiger partial charge in [-0.15, -0.1) is 0 Å². The molecule has 4 nitrogen and oxygen atoms in total. The highest BCUT2D eigenvalue weighted by molar-refractivity contribution is 5.43. The van der Waals surface area contributed by atoms with Gasteiger partial charge in [-0.2, -0.15) is 4.91 Å². The van der Waals surface area contributed by atoms with E-state index in [0.29, 0.717) is 6.42 Å². The van der Waals surface area contributed by atoms with Crippen molar-refractivity contribution in [3.63, 3.8) is 0 Å². The Morgan fingerprint density at radius 2 is 1.86 bits per heavy atom. The molecule has 1 N–H and O–H groups in total. The fourth-order valence-electron chi connectivity index (χ4n) is 3.63. The van der Waals surface area contributed by atoms with Gasteiger partial charge in [-0.3, -0.25) is 4.98 Å². The molecule has 1 aromatic heterocycles. The molecule has 0 amide bonds. The number of hydrogen-bond donors (Lipinski definition) is 1. The van der Waals surface area contributed by atoms with E-state index in [-0.39, 0.29) is 12.5 Å². The lowest BCUT2D eigenvalue weighted by Crippen LogP contribution is -2.09. The van der Waals surface area contributed by atoms with Crippen LogP contribution < -0.4 is 0 Å². The fraction of sp³-hybridized carbons (Fsp3) is 0.240. The van der Waals surface area contributed by atoms with Crippen molar-refractivity contribution in [2.45, 2.75) is 32.2 Å². The molecule has 0 spiro atoms. The van der Waals surface area contributed by atoms with Crippen LogP contribution in [0.1, 0.15) is 51.9 Å². The van der Waals surface area contributed by atoms with Crippen molar-refractivity contribution in [3.8, 4) is 11.8 Å². The van der Waals surface area contributed by atoms with Crippen LogP contribution in [0.25, 0.3) is 0 Å². The molecule has 0 bridgehead atoms. The van der Waals surface area contributed by atoms with E-state index in [1.807, 2.05) is 49.4 Å². The van der Waals surface area contributed by atoms with Gasteiger partial charge in [-0.1, -0.05) is 53.4 Å². The van der Waals surface area contributed by atoms with Crippen LogP contribution in [0.5, 0.6) is 0 Å². The summed E-state index contributed by atoms with van der Waals surface area (Å²) in [7, 11) is 0. The van der Waals surface area contributed by atoms with Gasteiger partial charge in [0, 0.05) is 23.4 Å². The van der Waals surface area contributed by atoms with E-state index in [1.54, 1.807) is 6.20 Å². The number of pyridine rings is 1. The molecule has 2 unspecified atom stereocenters. The lowest BCUT2D eigenvalue weighted by atomic mass is 9.82. The van der Waals surface area contributed by atoms with Crippen molar-refractivity contribution in [2.24, 2.45) is 5.18 Å². The number of aliphatic hydroxyl groups is 1. The fourth-order valence-corrected chi connectivity index (χ4v) is 3.63. The minimum absolute atomic E-state index is 0.0109. The molecule has 0 saturated heterocycles. The van der Waals surface area contributed by atoms with Gasteiger partial charge in [0.25, 0.3) is 0 Å². The predicted octanol–water partition coefficient (Wildman–Crippen LogP) is 5.07. The summed E-state index contributed by atoms with van der Waals surface area (Å²) in [6, 6.07) is 19.5. The molecule has 146 valence electrons. The van der Waals surface area contributed by atoms with Gasteiger partial charge in [-0.05, 0) is 66.8 Å². The molecule has 2 atom stereocenters. The molecule has 0 aliphatic rings. The maximum Gasteiger partial charge on any atom is 0.118 e. The number of rotatable bonds is 6. The van der Waals surface area contributed by atoms with Crippen LogP contribution in [0.15, 0.2) is 72.0 Å². The first kappa shape index (κ1) is 20.4. The maximum absolute atomic E-state index is 11.8. The Balaban J connectivity index is 2.04. The van der Waals surface area contributed by atoms with E-state index in [2.05, 4.69) is 47.1 Å². The summed E-state index contributed by atoms with van der Waals surface area (Å²) >= 11 is 0. The summed E-state index contributed by atoms with van der Waals surface area (Å²) in [5.74, 6) is 5.65. The highest BCUT2D eigenvalue weighted by Gasteiger charge is 2.23. The highest BCUT2D eigenvalue weighted by Crippen LogP contribution is 2.37. The van der Waals surface area contributed by atoms with E-state index in [1.165, 1.54) is 11.1 Å². The Bertz CT molecular complexity index is 1050. The molecule has 0 fully saturated rings. The third-order valence-corrected chi connectivity index (χ3v) is 5.06. The quantitative estimate of drug-likeness (QED) is 0.477. The number of nitrogens with zero attached hydrogens (tertiary/aromatic N) is 2. The molecule has 0 radical (unpaired) electrons. The predicted molar refractivity (Wildman–Crippen MR) is 116 cm³/mol. The smallest absolute Gasteiger partial charge is 0.118 e. The summed E-state index contributed by atoms with van der Waals surface area (Å²) in [6.07, 6.45) is 2.27. The van der Waals surface area contributed by atoms with Crippen molar-refractivity contribution in [1.29, 1.82) is 0 Å². The van der Waals surface area contributed by atoms with Crippen molar-refractivity contribution >= 4 is 0 Å². The van der Waals surface area contributed by atoms with Crippen molar-refractivity contribution in [2.75, 3.05) is 6.61 Å². The van der Waals surface area contributed by atoms with Crippen LogP contribution in [-0.4, -0.2) is 16.7 Å². The second-order valence-electron chi connectivity index (χ2n) is 7.08. The highest BCUT2D eigenvalue weighted by atomic mass is 16.3.